The maximum Gasteiger partial charge on any atom is 0.170 e. The van der Waals surface area contributed by atoms with Crippen molar-refractivity contribution in [3.63, 3.8) is 0 Å². The Labute approximate surface area is 165 Å². The van der Waals surface area contributed by atoms with Crippen LogP contribution in [0.1, 0.15) is 44.7 Å². The molecule has 4 heteroatoms. The number of benzene rings is 2. The number of ether oxygens (including phenoxy) is 1. The Balaban J connectivity index is 1.89. The highest BCUT2D eigenvalue weighted by molar-refractivity contribution is 6.22. The summed E-state index contributed by atoms with van der Waals surface area (Å²) in [5.41, 5.74) is 3.15. The standard InChI is InChI=1S/C24H25NO3/c1-24(2)14-20-23(22(27)15-24)21(26)13-19(16-7-5-4-6-8-16)25(20)17-9-11-18(28-3)12-10-17/h4-12,19H,13-15H2,1-3H3/t19-/m0/s1. The lowest BCUT2D eigenvalue weighted by molar-refractivity contribution is -0.124. The van der Waals surface area contributed by atoms with Gasteiger partial charge in [0.1, 0.15) is 5.75 Å². The Hall–Kier alpha value is -2.88. The normalized spacial score (nSPS) is 21.5. The second-order valence-corrected chi connectivity index (χ2v) is 8.38. The molecule has 0 saturated heterocycles. The number of carbonyl (C=O) groups excluding carboxylic acids is 2. The van der Waals surface area contributed by atoms with Gasteiger partial charge >= 0.3 is 0 Å². The van der Waals surface area contributed by atoms with Crippen molar-refractivity contribution in [2.24, 2.45) is 5.41 Å². The first-order valence-electron chi connectivity index (χ1n) is 9.67. The molecule has 1 heterocycles. The van der Waals surface area contributed by atoms with Crippen LogP contribution in [0.4, 0.5) is 5.69 Å². The summed E-state index contributed by atoms with van der Waals surface area (Å²) in [4.78, 5) is 28.0. The van der Waals surface area contributed by atoms with Gasteiger partial charge in [-0.05, 0) is 41.7 Å². The number of methoxy groups -OCH3 is 1. The number of rotatable bonds is 3. The molecule has 0 bridgehead atoms. The van der Waals surface area contributed by atoms with E-state index in [1.165, 1.54) is 0 Å². The Bertz CT molecular complexity index is 942. The van der Waals surface area contributed by atoms with E-state index in [2.05, 4.69) is 30.9 Å². The predicted octanol–water partition coefficient (Wildman–Crippen LogP) is 4.86. The first-order chi connectivity index (χ1) is 13.4. The molecule has 0 spiro atoms. The Morgan fingerprint density at radius 1 is 0.929 bits per heavy atom. The van der Waals surface area contributed by atoms with Gasteiger partial charge in [-0.3, -0.25) is 9.59 Å². The van der Waals surface area contributed by atoms with Crippen LogP contribution in [-0.2, 0) is 9.59 Å². The van der Waals surface area contributed by atoms with Gasteiger partial charge in [-0.1, -0.05) is 44.2 Å². The third-order valence-electron chi connectivity index (χ3n) is 5.65. The lowest BCUT2D eigenvalue weighted by Gasteiger charge is -2.45. The minimum absolute atomic E-state index is 0.0266. The fraction of sp³-hybridized carbons (Fsp3) is 0.333. The minimum Gasteiger partial charge on any atom is -0.497 e. The molecule has 4 nitrogen and oxygen atoms in total. The molecule has 0 radical (unpaired) electrons. The Kier molecular flexibility index (Phi) is 4.58. The summed E-state index contributed by atoms with van der Waals surface area (Å²) in [6, 6.07) is 17.8. The highest BCUT2D eigenvalue weighted by Crippen LogP contribution is 2.47. The quantitative estimate of drug-likeness (QED) is 0.719. The molecule has 28 heavy (non-hydrogen) atoms. The van der Waals surface area contributed by atoms with Gasteiger partial charge < -0.3 is 9.64 Å². The van der Waals surface area contributed by atoms with Crippen molar-refractivity contribution < 1.29 is 14.3 Å². The van der Waals surface area contributed by atoms with E-state index in [9.17, 15) is 9.59 Å². The van der Waals surface area contributed by atoms with E-state index >= 15 is 0 Å². The fourth-order valence-electron chi connectivity index (χ4n) is 4.39. The monoisotopic (exact) mass is 375 g/mol. The molecule has 4 rings (SSSR count). The van der Waals surface area contributed by atoms with E-state index in [0.717, 1.165) is 22.7 Å². The zero-order chi connectivity index (χ0) is 19.9. The summed E-state index contributed by atoms with van der Waals surface area (Å²) in [7, 11) is 1.64. The molecule has 0 amide bonds. The zero-order valence-electron chi connectivity index (χ0n) is 16.6. The van der Waals surface area contributed by atoms with E-state index in [1.54, 1.807) is 7.11 Å². The van der Waals surface area contributed by atoms with Crippen molar-refractivity contribution in [3.05, 3.63) is 71.4 Å². The van der Waals surface area contributed by atoms with Crippen molar-refractivity contribution in [1.82, 2.24) is 0 Å². The van der Waals surface area contributed by atoms with Crippen molar-refractivity contribution >= 4 is 17.3 Å². The lowest BCUT2D eigenvalue weighted by Crippen LogP contribution is -2.43. The molecule has 0 aromatic heterocycles. The summed E-state index contributed by atoms with van der Waals surface area (Å²) in [6.07, 6.45) is 1.43. The predicted molar refractivity (Wildman–Crippen MR) is 109 cm³/mol. The molecule has 2 aromatic rings. The molecule has 0 N–H and O–H groups in total. The number of Topliss-reactive ketones (excluding diaryl/α,β-unsaturated/α-hetero) is 2. The van der Waals surface area contributed by atoms with Crippen LogP contribution in [0, 0.1) is 5.41 Å². The molecular weight excluding hydrogens is 350 g/mol. The molecule has 1 atom stereocenters. The third kappa shape index (κ3) is 3.24. The Morgan fingerprint density at radius 3 is 2.25 bits per heavy atom. The van der Waals surface area contributed by atoms with Gasteiger partial charge in [0.2, 0.25) is 0 Å². The summed E-state index contributed by atoms with van der Waals surface area (Å²) in [5, 5.41) is 0. The number of nitrogens with zero attached hydrogens (tertiary/aromatic N) is 1. The van der Waals surface area contributed by atoms with Crippen LogP contribution < -0.4 is 9.64 Å². The van der Waals surface area contributed by atoms with Crippen LogP contribution in [0.25, 0.3) is 0 Å². The van der Waals surface area contributed by atoms with Gasteiger partial charge in [0.15, 0.2) is 11.6 Å². The van der Waals surface area contributed by atoms with Gasteiger partial charge in [-0.25, -0.2) is 0 Å². The largest absolute Gasteiger partial charge is 0.497 e. The van der Waals surface area contributed by atoms with E-state index in [-0.39, 0.29) is 23.0 Å². The third-order valence-corrected chi connectivity index (χ3v) is 5.65. The molecule has 0 fully saturated rings. The molecule has 144 valence electrons. The van der Waals surface area contributed by atoms with Gasteiger partial charge in [-0.15, -0.1) is 0 Å². The van der Waals surface area contributed by atoms with Crippen molar-refractivity contribution in [2.75, 3.05) is 12.0 Å². The van der Waals surface area contributed by atoms with Gasteiger partial charge in [-0.2, -0.15) is 0 Å². The number of hydrogen-bond acceptors (Lipinski definition) is 4. The lowest BCUT2D eigenvalue weighted by atomic mass is 9.72. The minimum atomic E-state index is -0.167. The van der Waals surface area contributed by atoms with Crippen LogP contribution in [-0.4, -0.2) is 18.7 Å². The molecule has 0 unspecified atom stereocenters. The van der Waals surface area contributed by atoms with Gasteiger partial charge in [0.05, 0.1) is 18.7 Å². The van der Waals surface area contributed by atoms with Crippen molar-refractivity contribution in [2.45, 2.75) is 39.2 Å². The van der Waals surface area contributed by atoms with Crippen LogP contribution in [0.5, 0.6) is 5.75 Å². The number of carbonyl (C=O) groups is 2. The average Bonchev–Trinajstić information content (AvgIpc) is 2.67. The maximum absolute atomic E-state index is 13.0. The second kappa shape index (κ2) is 6.93. The highest BCUT2D eigenvalue weighted by Gasteiger charge is 2.44. The fourth-order valence-corrected chi connectivity index (χ4v) is 4.39. The summed E-state index contributed by atoms with van der Waals surface area (Å²) in [6.45, 7) is 4.19. The van der Waals surface area contributed by atoms with E-state index in [4.69, 9.17) is 4.74 Å². The second-order valence-electron chi connectivity index (χ2n) is 8.38. The molecular formula is C24H25NO3. The average molecular weight is 375 g/mol. The van der Waals surface area contributed by atoms with Crippen LogP contribution in [0.3, 0.4) is 0 Å². The van der Waals surface area contributed by atoms with Crippen molar-refractivity contribution in [1.29, 1.82) is 0 Å². The highest BCUT2D eigenvalue weighted by atomic mass is 16.5. The van der Waals surface area contributed by atoms with Gasteiger partial charge in [0, 0.05) is 24.2 Å². The van der Waals surface area contributed by atoms with Crippen LogP contribution >= 0.6 is 0 Å². The topological polar surface area (TPSA) is 46.6 Å². The summed E-state index contributed by atoms with van der Waals surface area (Å²) in [5.74, 6) is 0.720. The number of anilines is 1. The molecule has 1 aliphatic heterocycles. The van der Waals surface area contributed by atoms with Crippen LogP contribution in [0.2, 0.25) is 0 Å². The Morgan fingerprint density at radius 2 is 1.61 bits per heavy atom. The first-order valence-corrected chi connectivity index (χ1v) is 9.67. The zero-order valence-corrected chi connectivity index (χ0v) is 16.6. The van der Waals surface area contributed by atoms with Crippen molar-refractivity contribution in [3.8, 4) is 5.75 Å². The number of allylic oxidation sites excluding steroid dienone is 2. The molecule has 2 aliphatic rings. The summed E-state index contributed by atoms with van der Waals surface area (Å²) < 4.78 is 5.30. The molecule has 0 saturated carbocycles. The van der Waals surface area contributed by atoms with Gasteiger partial charge in [0.25, 0.3) is 0 Å². The summed E-state index contributed by atoms with van der Waals surface area (Å²) >= 11 is 0. The van der Waals surface area contributed by atoms with Crippen LogP contribution in [0.15, 0.2) is 65.9 Å². The smallest absolute Gasteiger partial charge is 0.170 e. The molecule has 2 aromatic carbocycles. The van der Waals surface area contributed by atoms with E-state index in [0.29, 0.717) is 24.8 Å². The SMILES string of the molecule is COc1ccc(N2C3=C(C(=O)C[C@H]2c2ccccc2)C(=O)CC(C)(C)C3)cc1. The first kappa shape index (κ1) is 18.5. The van der Waals surface area contributed by atoms with E-state index < -0.39 is 0 Å². The molecule has 1 aliphatic carbocycles. The van der Waals surface area contributed by atoms with E-state index in [1.807, 2.05) is 42.5 Å². The number of ketones is 2. The maximum atomic E-state index is 13.0. The number of hydrogen-bond donors (Lipinski definition) is 0.